The third kappa shape index (κ3) is 4.58. The first-order valence-corrected chi connectivity index (χ1v) is 12.2. The number of carbonyl (C=O) groups excluding carboxylic acids is 2. The van der Waals surface area contributed by atoms with Crippen LogP contribution in [-0.4, -0.2) is 48.6 Å². The van der Waals surface area contributed by atoms with Crippen LogP contribution in [0.25, 0.3) is 0 Å². The highest BCUT2D eigenvalue weighted by atomic mass is 16.4. The second-order valence-corrected chi connectivity index (χ2v) is 9.14. The third-order valence-electron chi connectivity index (χ3n) is 6.89. The highest BCUT2D eigenvalue weighted by Gasteiger charge is 2.31. The summed E-state index contributed by atoms with van der Waals surface area (Å²) in [4.78, 5) is 30.2. The molecule has 1 aliphatic heterocycles. The van der Waals surface area contributed by atoms with E-state index in [0.29, 0.717) is 24.4 Å². The molecule has 7 heteroatoms. The maximum atomic E-state index is 13.4. The molecular formula is C28H30N4O3. The first-order chi connectivity index (χ1) is 17.0. The molecule has 0 radical (unpaired) electrons. The van der Waals surface area contributed by atoms with Crippen LogP contribution in [0.2, 0.25) is 0 Å². The van der Waals surface area contributed by atoms with E-state index in [4.69, 9.17) is 4.42 Å². The third-order valence-corrected chi connectivity index (χ3v) is 6.89. The van der Waals surface area contributed by atoms with Gasteiger partial charge in [-0.2, -0.15) is 5.10 Å². The number of para-hydroxylation sites is 1. The van der Waals surface area contributed by atoms with Crippen molar-refractivity contribution >= 4 is 23.2 Å². The van der Waals surface area contributed by atoms with Crippen molar-refractivity contribution in [3.8, 4) is 0 Å². The molecule has 1 N–H and O–H groups in total. The van der Waals surface area contributed by atoms with Gasteiger partial charge in [0.15, 0.2) is 5.76 Å². The van der Waals surface area contributed by atoms with Gasteiger partial charge in [0.2, 0.25) is 0 Å². The summed E-state index contributed by atoms with van der Waals surface area (Å²) < 4.78 is 6.11. The number of hydrazone groups is 1. The summed E-state index contributed by atoms with van der Waals surface area (Å²) in [5.41, 5.74) is 7.82. The maximum absolute atomic E-state index is 13.4. The number of anilines is 1. The molecule has 1 aromatic heterocycles. The molecule has 1 saturated heterocycles. The molecule has 0 spiro atoms. The van der Waals surface area contributed by atoms with Crippen LogP contribution < -0.4 is 10.3 Å². The van der Waals surface area contributed by atoms with E-state index in [0.717, 1.165) is 60.5 Å². The summed E-state index contributed by atoms with van der Waals surface area (Å²) >= 11 is 0. The predicted molar refractivity (Wildman–Crippen MR) is 136 cm³/mol. The quantitative estimate of drug-likeness (QED) is 0.576. The smallest absolute Gasteiger partial charge is 0.289 e. The standard InChI is InChI=1S/C28H30N4O3/c1-19-9-6-7-12-22(19)27(33)30-29-23-13-8-14-24-25(23)20(2)26(35-24)28(34)32-17-15-31(16-18-32)21-10-4-3-5-11-21/h3-7,9-12H,8,13-18H2,1-2H3,(H,30,33)/b29-23+. The van der Waals surface area contributed by atoms with E-state index in [2.05, 4.69) is 27.6 Å². The summed E-state index contributed by atoms with van der Waals surface area (Å²) in [5.74, 6) is 0.858. The lowest BCUT2D eigenvalue weighted by molar-refractivity contribution is 0.0711. The number of benzene rings is 2. The minimum absolute atomic E-state index is 0.0760. The summed E-state index contributed by atoms with van der Waals surface area (Å²) in [5, 5.41) is 4.46. The molecule has 0 saturated carbocycles. The number of hydrogen-bond acceptors (Lipinski definition) is 5. The molecule has 1 fully saturated rings. The molecule has 3 aromatic rings. The topological polar surface area (TPSA) is 78.1 Å². The second kappa shape index (κ2) is 9.78. The highest BCUT2D eigenvalue weighted by molar-refractivity contribution is 6.07. The molecule has 0 atom stereocenters. The van der Waals surface area contributed by atoms with Crippen molar-refractivity contribution in [1.82, 2.24) is 10.3 Å². The van der Waals surface area contributed by atoms with E-state index in [-0.39, 0.29) is 11.8 Å². The van der Waals surface area contributed by atoms with Crippen molar-refractivity contribution in [2.45, 2.75) is 33.1 Å². The van der Waals surface area contributed by atoms with E-state index in [1.807, 2.05) is 55.1 Å². The Bertz CT molecular complexity index is 1270. The van der Waals surface area contributed by atoms with Crippen LogP contribution in [-0.2, 0) is 6.42 Å². The fourth-order valence-corrected chi connectivity index (χ4v) is 4.94. The number of carbonyl (C=O) groups is 2. The van der Waals surface area contributed by atoms with Gasteiger partial charge in [-0.3, -0.25) is 9.59 Å². The zero-order valence-electron chi connectivity index (χ0n) is 20.2. The normalized spacial score (nSPS) is 16.8. The van der Waals surface area contributed by atoms with Crippen LogP contribution in [0, 0.1) is 13.8 Å². The van der Waals surface area contributed by atoms with Crippen LogP contribution in [0.15, 0.2) is 64.1 Å². The van der Waals surface area contributed by atoms with E-state index in [9.17, 15) is 9.59 Å². The number of rotatable bonds is 4. The Morgan fingerprint density at radius 2 is 1.63 bits per heavy atom. The van der Waals surface area contributed by atoms with Gasteiger partial charge in [0.05, 0.1) is 5.71 Å². The molecule has 5 rings (SSSR count). The highest BCUT2D eigenvalue weighted by Crippen LogP contribution is 2.31. The molecule has 2 heterocycles. The van der Waals surface area contributed by atoms with Gasteiger partial charge in [-0.1, -0.05) is 36.4 Å². The van der Waals surface area contributed by atoms with Gasteiger partial charge in [-0.15, -0.1) is 0 Å². The van der Waals surface area contributed by atoms with E-state index < -0.39 is 0 Å². The number of hydrogen-bond donors (Lipinski definition) is 1. The number of nitrogens with one attached hydrogen (secondary N) is 1. The van der Waals surface area contributed by atoms with E-state index in [1.54, 1.807) is 6.07 Å². The average molecular weight is 471 g/mol. The zero-order chi connectivity index (χ0) is 24.4. The van der Waals surface area contributed by atoms with Crippen LogP contribution in [0.5, 0.6) is 0 Å². The fraction of sp³-hybridized carbons (Fsp3) is 0.321. The minimum atomic E-state index is -0.239. The van der Waals surface area contributed by atoms with Gasteiger partial charge in [0.25, 0.3) is 11.8 Å². The van der Waals surface area contributed by atoms with Gasteiger partial charge in [-0.25, -0.2) is 5.43 Å². The van der Waals surface area contributed by atoms with Crippen molar-refractivity contribution < 1.29 is 14.0 Å². The Morgan fingerprint density at radius 1 is 0.914 bits per heavy atom. The van der Waals surface area contributed by atoms with Gasteiger partial charge < -0.3 is 14.2 Å². The van der Waals surface area contributed by atoms with Crippen LogP contribution >= 0.6 is 0 Å². The molecule has 7 nitrogen and oxygen atoms in total. The van der Waals surface area contributed by atoms with Crippen LogP contribution in [0.4, 0.5) is 5.69 Å². The van der Waals surface area contributed by atoms with E-state index >= 15 is 0 Å². The van der Waals surface area contributed by atoms with E-state index in [1.165, 1.54) is 5.69 Å². The largest absolute Gasteiger partial charge is 0.455 e. The molecule has 35 heavy (non-hydrogen) atoms. The molecule has 1 aliphatic carbocycles. The Kier molecular flexibility index (Phi) is 6.40. The summed E-state index contributed by atoms with van der Waals surface area (Å²) in [6.45, 7) is 6.68. The van der Waals surface area contributed by atoms with Crippen molar-refractivity contribution in [2.75, 3.05) is 31.1 Å². The average Bonchev–Trinajstić information content (AvgIpc) is 3.24. The Hall–Kier alpha value is -3.87. The van der Waals surface area contributed by atoms with Gasteiger partial charge in [-0.05, 0) is 50.5 Å². The molecule has 2 amide bonds. The van der Waals surface area contributed by atoms with Gasteiger partial charge in [0, 0.05) is 55.0 Å². The molecule has 2 aromatic carbocycles. The summed E-state index contributed by atoms with van der Waals surface area (Å²) in [7, 11) is 0. The molecule has 0 unspecified atom stereocenters. The Morgan fingerprint density at radius 3 is 2.37 bits per heavy atom. The van der Waals surface area contributed by atoms with Crippen molar-refractivity contribution in [1.29, 1.82) is 0 Å². The lowest BCUT2D eigenvalue weighted by Gasteiger charge is -2.35. The number of aryl methyl sites for hydroxylation is 2. The van der Waals surface area contributed by atoms with Crippen molar-refractivity contribution in [3.05, 3.63) is 88.4 Å². The molecular weight excluding hydrogens is 440 g/mol. The monoisotopic (exact) mass is 470 g/mol. The number of fused-ring (bicyclic) bond motifs is 1. The number of piperazine rings is 1. The molecule has 180 valence electrons. The fourth-order valence-electron chi connectivity index (χ4n) is 4.94. The summed E-state index contributed by atoms with van der Waals surface area (Å²) in [6.07, 6.45) is 2.35. The van der Waals surface area contributed by atoms with Crippen LogP contribution in [0.1, 0.15) is 56.2 Å². The van der Waals surface area contributed by atoms with Gasteiger partial charge >= 0.3 is 0 Å². The SMILES string of the molecule is Cc1ccccc1C(=O)N/N=C1\CCCc2oc(C(=O)N3CCN(c4ccccc4)CC3)c(C)c21. The molecule has 2 aliphatic rings. The number of amides is 2. The van der Waals surface area contributed by atoms with Gasteiger partial charge in [0.1, 0.15) is 5.76 Å². The first kappa shape index (κ1) is 22.9. The van der Waals surface area contributed by atoms with Crippen LogP contribution in [0.3, 0.4) is 0 Å². The first-order valence-electron chi connectivity index (χ1n) is 12.2. The minimum Gasteiger partial charge on any atom is -0.455 e. The lowest BCUT2D eigenvalue weighted by atomic mass is 9.93. The maximum Gasteiger partial charge on any atom is 0.289 e. The second-order valence-electron chi connectivity index (χ2n) is 9.14. The van der Waals surface area contributed by atoms with Crippen molar-refractivity contribution in [2.24, 2.45) is 5.10 Å². The summed E-state index contributed by atoms with van der Waals surface area (Å²) in [6, 6.07) is 17.7. The number of furan rings is 1. The predicted octanol–water partition coefficient (Wildman–Crippen LogP) is 4.33. The number of nitrogens with zero attached hydrogens (tertiary/aromatic N) is 3. The molecule has 0 bridgehead atoms. The lowest BCUT2D eigenvalue weighted by Crippen LogP contribution is -2.48. The zero-order valence-corrected chi connectivity index (χ0v) is 20.2. The Balaban J connectivity index is 1.31. The van der Waals surface area contributed by atoms with Crippen molar-refractivity contribution in [3.63, 3.8) is 0 Å². The Labute approximate surface area is 205 Å².